The molecule has 0 aliphatic heterocycles. The average Bonchev–Trinajstić information content (AvgIpc) is 2.80. The summed E-state index contributed by atoms with van der Waals surface area (Å²) in [5.41, 5.74) is 0.493. The van der Waals surface area contributed by atoms with E-state index >= 15 is 0 Å². The number of fused-ring (bicyclic) bond motifs is 1. The van der Waals surface area contributed by atoms with Crippen LogP contribution in [0.25, 0.3) is 11.0 Å². The summed E-state index contributed by atoms with van der Waals surface area (Å²) in [5, 5.41) is 10.4. The fourth-order valence-electron chi connectivity index (χ4n) is 1.58. The molecule has 1 heterocycles. The molecular weight excluding hydrogens is 224 g/mol. The zero-order valence-electron chi connectivity index (χ0n) is 9.47. The minimum absolute atomic E-state index is 0.136. The number of carbonyl (C=O) groups is 1. The minimum Gasteiger partial charge on any atom is -0.493 e. The Balaban J connectivity index is 2.47. The number of furan rings is 1. The van der Waals surface area contributed by atoms with Crippen LogP contribution in [0.15, 0.2) is 28.7 Å². The number of methoxy groups -OCH3 is 2. The van der Waals surface area contributed by atoms with Gasteiger partial charge in [0.25, 0.3) is 0 Å². The van der Waals surface area contributed by atoms with Crippen LogP contribution in [0, 0.1) is 0 Å². The van der Waals surface area contributed by atoms with Crippen molar-refractivity contribution in [2.75, 3.05) is 14.2 Å². The highest BCUT2D eigenvalue weighted by molar-refractivity contribution is 5.85. The van der Waals surface area contributed by atoms with Crippen LogP contribution < -0.4 is 4.74 Å². The van der Waals surface area contributed by atoms with Gasteiger partial charge in [-0.15, -0.1) is 0 Å². The van der Waals surface area contributed by atoms with E-state index in [2.05, 4.69) is 4.74 Å². The Bertz CT molecular complexity index is 543. The zero-order chi connectivity index (χ0) is 12.4. The molecular formula is C12H12O5. The number of hydrogen-bond donors (Lipinski definition) is 1. The van der Waals surface area contributed by atoms with Crippen LogP contribution in [0.1, 0.15) is 11.9 Å². The van der Waals surface area contributed by atoms with Crippen molar-refractivity contribution >= 4 is 16.9 Å². The van der Waals surface area contributed by atoms with Crippen LogP contribution in [0.2, 0.25) is 0 Å². The number of esters is 1. The minimum atomic E-state index is -1.42. The lowest BCUT2D eigenvalue weighted by molar-refractivity contribution is -0.151. The molecule has 90 valence electrons. The first-order valence-corrected chi connectivity index (χ1v) is 4.99. The van der Waals surface area contributed by atoms with Gasteiger partial charge in [0.15, 0.2) is 11.3 Å². The van der Waals surface area contributed by atoms with E-state index in [-0.39, 0.29) is 5.76 Å². The van der Waals surface area contributed by atoms with E-state index < -0.39 is 12.1 Å². The average molecular weight is 236 g/mol. The highest BCUT2D eigenvalue weighted by atomic mass is 16.5. The van der Waals surface area contributed by atoms with Gasteiger partial charge in [-0.2, -0.15) is 0 Å². The molecule has 1 unspecified atom stereocenters. The van der Waals surface area contributed by atoms with Crippen LogP contribution in [-0.4, -0.2) is 25.3 Å². The third-order valence-corrected chi connectivity index (χ3v) is 2.44. The highest BCUT2D eigenvalue weighted by Crippen LogP contribution is 2.31. The predicted octanol–water partition coefficient (Wildman–Crippen LogP) is 1.65. The van der Waals surface area contributed by atoms with Crippen molar-refractivity contribution in [3.8, 4) is 5.75 Å². The molecule has 1 N–H and O–H groups in total. The first kappa shape index (κ1) is 11.5. The zero-order valence-corrected chi connectivity index (χ0v) is 9.47. The lowest BCUT2D eigenvalue weighted by atomic mass is 10.2. The second-order valence-corrected chi connectivity index (χ2v) is 3.45. The van der Waals surface area contributed by atoms with Gasteiger partial charge < -0.3 is 19.0 Å². The Labute approximate surface area is 97.6 Å². The second kappa shape index (κ2) is 4.47. The summed E-state index contributed by atoms with van der Waals surface area (Å²) in [6, 6.07) is 6.92. The molecule has 0 saturated carbocycles. The van der Waals surface area contributed by atoms with Gasteiger partial charge in [0, 0.05) is 5.39 Å². The third kappa shape index (κ3) is 1.97. The predicted molar refractivity (Wildman–Crippen MR) is 59.7 cm³/mol. The summed E-state index contributed by atoms with van der Waals surface area (Å²) in [7, 11) is 2.72. The van der Waals surface area contributed by atoms with E-state index in [9.17, 15) is 9.90 Å². The van der Waals surface area contributed by atoms with E-state index in [4.69, 9.17) is 9.15 Å². The van der Waals surface area contributed by atoms with Gasteiger partial charge in [0.2, 0.25) is 6.10 Å². The van der Waals surface area contributed by atoms with E-state index in [1.165, 1.54) is 14.2 Å². The molecule has 2 rings (SSSR count). The van der Waals surface area contributed by atoms with Crippen LogP contribution in [0.5, 0.6) is 5.75 Å². The van der Waals surface area contributed by atoms with Gasteiger partial charge in [0.05, 0.1) is 14.2 Å². The van der Waals surface area contributed by atoms with E-state index in [0.717, 1.165) is 5.39 Å². The maximum Gasteiger partial charge on any atom is 0.342 e. The summed E-state index contributed by atoms with van der Waals surface area (Å²) in [4.78, 5) is 11.2. The largest absolute Gasteiger partial charge is 0.493 e. The first-order valence-electron chi connectivity index (χ1n) is 4.99. The molecule has 0 radical (unpaired) electrons. The van der Waals surface area contributed by atoms with Crippen molar-refractivity contribution in [3.63, 3.8) is 0 Å². The van der Waals surface area contributed by atoms with Crippen LogP contribution in [0.3, 0.4) is 0 Å². The Hall–Kier alpha value is -2.01. The Morgan fingerprint density at radius 1 is 1.41 bits per heavy atom. The Morgan fingerprint density at radius 3 is 2.82 bits per heavy atom. The summed E-state index contributed by atoms with van der Waals surface area (Å²) in [5.74, 6) is -0.0785. The number of carbonyl (C=O) groups excluding carboxylic acids is 1. The van der Waals surface area contributed by atoms with Crippen LogP contribution >= 0.6 is 0 Å². The lowest BCUT2D eigenvalue weighted by Gasteiger charge is -2.03. The van der Waals surface area contributed by atoms with Gasteiger partial charge in [-0.25, -0.2) is 4.79 Å². The van der Waals surface area contributed by atoms with Crippen molar-refractivity contribution in [1.29, 1.82) is 0 Å². The Kier molecular flexibility index (Phi) is 3.01. The number of rotatable bonds is 3. The maximum absolute atomic E-state index is 11.2. The quantitative estimate of drug-likeness (QED) is 0.820. The van der Waals surface area contributed by atoms with Gasteiger partial charge in [-0.1, -0.05) is 12.1 Å². The molecule has 0 fully saturated rings. The smallest absolute Gasteiger partial charge is 0.342 e. The number of aliphatic hydroxyl groups excluding tert-OH is 1. The lowest BCUT2D eigenvalue weighted by Crippen LogP contribution is -2.12. The van der Waals surface area contributed by atoms with Gasteiger partial charge in [-0.3, -0.25) is 0 Å². The number of hydrogen-bond acceptors (Lipinski definition) is 5. The summed E-state index contributed by atoms with van der Waals surface area (Å²) < 4.78 is 15.0. The fourth-order valence-corrected chi connectivity index (χ4v) is 1.58. The topological polar surface area (TPSA) is 68.9 Å². The normalized spacial score (nSPS) is 12.4. The van der Waals surface area contributed by atoms with Gasteiger partial charge in [-0.05, 0) is 12.1 Å². The van der Waals surface area contributed by atoms with Crippen molar-refractivity contribution in [1.82, 2.24) is 0 Å². The molecule has 0 spiro atoms. The van der Waals surface area contributed by atoms with Crippen molar-refractivity contribution < 1.29 is 23.8 Å². The summed E-state index contributed by atoms with van der Waals surface area (Å²) in [6.45, 7) is 0. The highest BCUT2D eigenvalue weighted by Gasteiger charge is 2.22. The molecule has 0 saturated heterocycles. The first-order chi connectivity index (χ1) is 8.17. The summed E-state index contributed by atoms with van der Waals surface area (Å²) in [6.07, 6.45) is -1.42. The van der Waals surface area contributed by atoms with Crippen molar-refractivity contribution in [2.24, 2.45) is 0 Å². The molecule has 5 nitrogen and oxygen atoms in total. The molecule has 0 aliphatic rings. The third-order valence-electron chi connectivity index (χ3n) is 2.44. The maximum atomic E-state index is 11.2. The van der Waals surface area contributed by atoms with Crippen molar-refractivity contribution in [2.45, 2.75) is 6.10 Å². The van der Waals surface area contributed by atoms with E-state index in [1.807, 2.05) is 0 Å². The van der Waals surface area contributed by atoms with Gasteiger partial charge in [0.1, 0.15) is 5.76 Å². The number of para-hydroxylation sites is 1. The van der Waals surface area contributed by atoms with E-state index in [1.54, 1.807) is 24.3 Å². The van der Waals surface area contributed by atoms with Gasteiger partial charge >= 0.3 is 5.97 Å². The number of aliphatic hydroxyl groups is 1. The Morgan fingerprint density at radius 2 is 2.18 bits per heavy atom. The molecule has 2 aromatic rings. The standard InChI is InChI=1S/C12H12O5/c1-15-8-5-3-4-7-6-9(17-11(7)8)10(13)12(14)16-2/h3-6,10,13H,1-2H3. The van der Waals surface area contributed by atoms with Crippen LogP contribution in [0.4, 0.5) is 0 Å². The molecule has 17 heavy (non-hydrogen) atoms. The number of ether oxygens (including phenoxy) is 2. The molecule has 0 bridgehead atoms. The molecule has 5 heteroatoms. The molecule has 0 aliphatic carbocycles. The van der Waals surface area contributed by atoms with Crippen molar-refractivity contribution in [3.05, 3.63) is 30.0 Å². The molecule has 1 aromatic carbocycles. The fraction of sp³-hybridized carbons (Fsp3) is 0.250. The number of benzene rings is 1. The molecule has 0 amide bonds. The monoisotopic (exact) mass is 236 g/mol. The van der Waals surface area contributed by atoms with Crippen LogP contribution in [-0.2, 0) is 9.53 Å². The van der Waals surface area contributed by atoms with E-state index in [0.29, 0.717) is 11.3 Å². The summed E-state index contributed by atoms with van der Waals surface area (Å²) >= 11 is 0. The SMILES string of the molecule is COC(=O)C(O)c1cc2cccc(OC)c2o1. The molecule has 1 aromatic heterocycles. The second-order valence-electron chi connectivity index (χ2n) is 3.45. The molecule has 1 atom stereocenters.